The molecular weight excluding hydrogens is 340 g/mol. The number of benzene rings is 2. The molecule has 2 aromatic carbocycles. The van der Waals surface area contributed by atoms with Crippen LogP contribution in [0, 0.1) is 0 Å². The minimum absolute atomic E-state index is 0.0802. The van der Waals surface area contributed by atoms with Crippen LogP contribution in [0.3, 0.4) is 0 Å². The van der Waals surface area contributed by atoms with Gasteiger partial charge in [0.05, 0.1) is 11.7 Å². The lowest BCUT2D eigenvalue weighted by atomic mass is 10.0. The van der Waals surface area contributed by atoms with Crippen LogP contribution in [-0.4, -0.2) is 16.6 Å². The summed E-state index contributed by atoms with van der Waals surface area (Å²) in [6, 6.07) is 21.0. The Hall–Kier alpha value is -3.67. The van der Waals surface area contributed by atoms with Crippen LogP contribution in [0.25, 0.3) is 0 Å². The van der Waals surface area contributed by atoms with Crippen molar-refractivity contribution in [1.82, 2.24) is 4.98 Å². The summed E-state index contributed by atoms with van der Waals surface area (Å²) in [5.41, 5.74) is 2.33. The second-order valence-corrected chi connectivity index (χ2v) is 6.23. The van der Waals surface area contributed by atoms with Gasteiger partial charge < -0.3 is 10.3 Å². The highest BCUT2D eigenvalue weighted by Crippen LogP contribution is 2.35. The fraction of sp³-hybridized carbons (Fsp3) is 0.0952. The zero-order valence-electron chi connectivity index (χ0n) is 14.5. The first-order chi connectivity index (χ1) is 13.2. The third-order valence-corrected chi connectivity index (χ3v) is 4.45. The molecule has 0 saturated carbocycles. The number of anilines is 2. The Morgan fingerprint density at radius 1 is 1.04 bits per heavy atom. The van der Waals surface area contributed by atoms with Crippen molar-refractivity contribution in [2.24, 2.45) is 5.10 Å². The maximum Gasteiger partial charge on any atom is 0.272 e. The SMILES string of the molecule is O=C(Nc1c[nH]ccc1=O)C1=NN(c2ccccc2)[C@@H](c2ccccc2)C1. The Labute approximate surface area is 156 Å². The minimum Gasteiger partial charge on any atom is -0.366 e. The summed E-state index contributed by atoms with van der Waals surface area (Å²) < 4.78 is 0. The highest BCUT2D eigenvalue weighted by Gasteiger charge is 2.32. The number of hydrazone groups is 1. The smallest absolute Gasteiger partial charge is 0.272 e. The van der Waals surface area contributed by atoms with Crippen LogP contribution in [0.1, 0.15) is 18.0 Å². The number of rotatable bonds is 4. The minimum atomic E-state index is -0.369. The molecule has 4 rings (SSSR count). The number of hydrogen-bond donors (Lipinski definition) is 2. The lowest BCUT2D eigenvalue weighted by Gasteiger charge is -2.23. The van der Waals surface area contributed by atoms with Gasteiger partial charge in [-0.25, -0.2) is 0 Å². The van der Waals surface area contributed by atoms with E-state index in [-0.39, 0.29) is 23.1 Å². The van der Waals surface area contributed by atoms with Gasteiger partial charge in [0.15, 0.2) is 0 Å². The highest BCUT2D eigenvalue weighted by atomic mass is 16.2. The van der Waals surface area contributed by atoms with Gasteiger partial charge in [-0.15, -0.1) is 0 Å². The molecule has 1 aliphatic heterocycles. The summed E-state index contributed by atoms with van der Waals surface area (Å²) in [5.74, 6) is -0.369. The molecule has 6 heteroatoms. The van der Waals surface area contributed by atoms with Gasteiger partial charge in [0.25, 0.3) is 5.91 Å². The maximum atomic E-state index is 12.7. The van der Waals surface area contributed by atoms with Crippen molar-refractivity contribution in [2.45, 2.75) is 12.5 Å². The van der Waals surface area contributed by atoms with Gasteiger partial charge in [0.1, 0.15) is 11.4 Å². The van der Waals surface area contributed by atoms with Crippen molar-refractivity contribution in [3.8, 4) is 0 Å². The van der Waals surface area contributed by atoms with Gasteiger partial charge in [-0.1, -0.05) is 48.5 Å². The van der Waals surface area contributed by atoms with E-state index in [1.807, 2.05) is 65.7 Å². The molecule has 0 saturated heterocycles. The Morgan fingerprint density at radius 3 is 2.44 bits per heavy atom. The summed E-state index contributed by atoms with van der Waals surface area (Å²) >= 11 is 0. The molecule has 0 fully saturated rings. The maximum absolute atomic E-state index is 12.7. The van der Waals surface area contributed by atoms with Crippen LogP contribution in [0.5, 0.6) is 0 Å². The zero-order valence-corrected chi connectivity index (χ0v) is 14.5. The zero-order chi connectivity index (χ0) is 18.6. The van der Waals surface area contributed by atoms with Gasteiger partial charge in [-0.05, 0) is 17.7 Å². The van der Waals surface area contributed by atoms with Gasteiger partial charge in [0, 0.05) is 24.9 Å². The second kappa shape index (κ2) is 7.29. The summed E-state index contributed by atoms with van der Waals surface area (Å²) in [6.45, 7) is 0. The van der Waals surface area contributed by atoms with Crippen LogP contribution in [0.15, 0.2) is 89.0 Å². The van der Waals surface area contributed by atoms with Crippen molar-refractivity contribution in [3.63, 3.8) is 0 Å². The number of para-hydroxylation sites is 1. The molecule has 2 N–H and O–H groups in total. The average Bonchev–Trinajstić information content (AvgIpc) is 3.17. The molecule has 3 aromatic rings. The predicted octanol–water partition coefficient (Wildman–Crippen LogP) is 3.32. The number of carbonyl (C=O) groups is 1. The van der Waals surface area contributed by atoms with Crippen LogP contribution in [0.4, 0.5) is 11.4 Å². The standard InChI is InChI=1S/C21H18N4O2/c26-20-11-12-22-14-18(20)23-21(27)17-13-19(15-7-3-1-4-8-15)25(24-17)16-9-5-2-6-10-16/h1-12,14,19H,13H2,(H,22,26)(H,23,27)/t19-/m1/s1. The third kappa shape index (κ3) is 3.50. The van der Waals surface area contributed by atoms with Crippen molar-refractivity contribution in [2.75, 3.05) is 10.3 Å². The largest absolute Gasteiger partial charge is 0.366 e. The van der Waals surface area contributed by atoms with Gasteiger partial charge in [0.2, 0.25) is 5.43 Å². The van der Waals surface area contributed by atoms with Crippen LogP contribution >= 0.6 is 0 Å². The van der Waals surface area contributed by atoms with E-state index in [1.54, 1.807) is 0 Å². The summed E-state index contributed by atoms with van der Waals surface area (Å²) in [6.07, 6.45) is 3.45. The first-order valence-corrected chi connectivity index (χ1v) is 8.67. The summed E-state index contributed by atoms with van der Waals surface area (Å²) in [4.78, 5) is 27.4. The quantitative estimate of drug-likeness (QED) is 0.751. The van der Waals surface area contributed by atoms with Gasteiger partial charge in [-0.3, -0.25) is 14.6 Å². The first-order valence-electron chi connectivity index (χ1n) is 8.67. The number of hydrogen-bond acceptors (Lipinski definition) is 4. The van der Waals surface area contributed by atoms with Gasteiger partial charge >= 0.3 is 0 Å². The lowest BCUT2D eigenvalue weighted by Crippen LogP contribution is -2.25. The Kier molecular flexibility index (Phi) is 4.53. The van der Waals surface area contributed by atoms with Gasteiger partial charge in [-0.2, -0.15) is 5.10 Å². The summed E-state index contributed by atoms with van der Waals surface area (Å²) in [7, 11) is 0. The average molecular weight is 358 g/mol. The fourth-order valence-electron chi connectivity index (χ4n) is 3.11. The van der Waals surface area contributed by atoms with E-state index in [9.17, 15) is 9.59 Å². The van der Waals surface area contributed by atoms with E-state index in [0.29, 0.717) is 12.1 Å². The van der Waals surface area contributed by atoms with Crippen LogP contribution in [0.2, 0.25) is 0 Å². The van der Waals surface area contributed by atoms with E-state index in [2.05, 4.69) is 15.4 Å². The Balaban J connectivity index is 1.64. The Bertz CT molecular complexity index is 1030. The number of aromatic amines is 1. The highest BCUT2D eigenvalue weighted by molar-refractivity contribution is 6.43. The number of carbonyl (C=O) groups excluding carboxylic acids is 1. The topological polar surface area (TPSA) is 77.6 Å². The molecule has 0 unspecified atom stereocenters. The molecule has 0 aliphatic carbocycles. The number of nitrogens with zero attached hydrogens (tertiary/aromatic N) is 2. The van der Waals surface area contributed by atoms with E-state index in [1.165, 1.54) is 18.5 Å². The third-order valence-electron chi connectivity index (χ3n) is 4.45. The normalized spacial score (nSPS) is 16.1. The summed E-state index contributed by atoms with van der Waals surface area (Å²) in [5, 5.41) is 9.08. The molecule has 27 heavy (non-hydrogen) atoms. The second-order valence-electron chi connectivity index (χ2n) is 6.23. The predicted molar refractivity (Wildman–Crippen MR) is 106 cm³/mol. The number of pyridine rings is 1. The van der Waals surface area contributed by atoms with E-state index < -0.39 is 0 Å². The molecule has 1 aliphatic rings. The molecule has 134 valence electrons. The molecule has 6 nitrogen and oxygen atoms in total. The number of aromatic nitrogens is 1. The van der Waals surface area contributed by atoms with Crippen LogP contribution in [-0.2, 0) is 4.79 Å². The van der Waals surface area contributed by atoms with Crippen molar-refractivity contribution in [1.29, 1.82) is 0 Å². The monoisotopic (exact) mass is 358 g/mol. The lowest BCUT2D eigenvalue weighted by molar-refractivity contribution is -0.110. The molecule has 0 spiro atoms. The van der Waals surface area contributed by atoms with Crippen LogP contribution < -0.4 is 15.8 Å². The van der Waals surface area contributed by atoms with Crippen molar-refractivity contribution in [3.05, 3.63) is 94.9 Å². The fourth-order valence-corrected chi connectivity index (χ4v) is 3.11. The number of H-pyrrole nitrogens is 1. The van der Waals surface area contributed by atoms with E-state index in [4.69, 9.17) is 0 Å². The van der Waals surface area contributed by atoms with E-state index in [0.717, 1.165) is 11.3 Å². The molecule has 0 bridgehead atoms. The molecule has 1 amide bonds. The Morgan fingerprint density at radius 2 is 1.74 bits per heavy atom. The first kappa shape index (κ1) is 16.8. The number of amides is 1. The molecule has 1 atom stereocenters. The number of nitrogens with one attached hydrogen (secondary N) is 2. The van der Waals surface area contributed by atoms with Crippen molar-refractivity contribution < 1.29 is 4.79 Å². The molecule has 0 radical (unpaired) electrons. The molecule has 1 aromatic heterocycles. The molecular formula is C21H18N4O2. The molecule has 2 heterocycles. The van der Waals surface area contributed by atoms with Crippen molar-refractivity contribution >= 4 is 23.0 Å². The van der Waals surface area contributed by atoms with E-state index >= 15 is 0 Å².